The van der Waals surface area contributed by atoms with E-state index in [4.69, 9.17) is 4.74 Å². The van der Waals surface area contributed by atoms with E-state index in [9.17, 15) is 71.9 Å². The van der Waals surface area contributed by atoms with E-state index >= 15 is 0 Å². The number of nitrogens with one attached hydrogen (secondary N) is 4. The molecule has 1 atom stereocenters. The number of carbonyl (C=O) groups excluding carboxylic acids is 4. The van der Waals surface area contributed by atoms with Gasteiger partial charge in [0.25, 0.3) is 23.6 Å². The molecule has 23 nitrogen and oxygen atoms in total. The van der Waals surface area contributed by atoms with Gasteiger partial charge in [-0.05, 0) is 186 Å². The van der Waals surface area contributed by atoms with Gasteiger partial charge in [0.05, 0.1) is 120 Å². The molecule has 1 unspecified atom stereocenters. The molecule has 7 aromatic carbocycles. The SMILES string of the molecule is Cc1ccc(NC(=O)c2cc(-c3cccn4c(-c5cccc(F)c5F)ncc34)cnc2C)cc1F.Cc1ncc(-c2cccn3c(-c4cccc(F)c4F)ncc23)cc1C(=O)Nc1ccc(OC(C)F)cn1.Cc1ncc(-c2cccn3c(-c4cccc(F)c4F)ncc23)cc1C(=O)Nc1cccc(OC(C)(F)F)c1.Cc1ncc(-c2cccn3c(-c4cccc(F)c4F)ncc23)cc1C(=O)Nc1ccccc1. The molecule has 0 aliphatic rings. The first kappa shape index (κ1) is 96.4. The predicted octanol–water partition coefficient (Wildman–Crippen LogP) is 25.1. The van der Waals surface area contributed by atoms with Crippen molar-refractivity contribution >= 4 is 68.6 Å². The van der Waals surface area contributed by atoms with Gasteiger partial charge < -0.3 is 30.7 Å². The Morgan fingerprint density at radius 2 is 0.629 bits per heavy atom. The van der Waals surface area contributed by atoms with Crippen LogP contribution < -0.4 is 30.7 Å². The molecule has 143 heavy (non-hydrogen) atoms. The predicted molar refractivity (Wildman–Crippen MR) is 517 cm³/mol. The van der Waals surface area contributed by atoms with Gasteiger partial charge in [0.2, 0.25) is 6.36 Å². The van der Waals surface area contributed by atoms with Crippen LogP contribution in [0.3, 0.4) is 0 Å². The minimum Gasteiger partial charge on any atom is -0.459 e. The molecule has 0 fully saturated rings. The Kier molecular flexibility index (Phi) is 27.7. The summed E-state index contributed by atoms with van der Waals surface area (Å²) in [5.41, 5.74) is 13.2. The molecule has 20 rings (SSSR count). The van der Waals surface area contributed by atoms with Gasteiger partial charge >= 0.3 is 6.11 Å². The second-order valence-electron chi connectivity index (χ2n) is 32.5. The van der Waals surface area contributed by atoms with Crippen molar-refractivity contribution in [2.45, 2.75) is 60.9 Å². The molecule has 35 heteroatoms. The van der Waals surface area contributed by atoms with Crippen LogP contribution in [0.25, 0.3) is 112 Å². The van der Waals surface area contributed by atoms with Gasteiger partial charge in [0.15, 0.2) is 46.5 Å². The quantitative estimate of drug-likeness (QED) is 0.0517. The summed E-state index contributed by atoms with van der Waals surface area (Å²) in [5, 5.41) is 11.0. The zero-order valence-electron chi connectivity index (χ0n) is 76.3. The molecule has 0 spiro atoms. The average Bonchev–Trinajstić information content (AvgIpc) is 1.65. The molecule has 0 radical (unpaired) electrons. The van der Waals surface area contributed by atoms with Crippen LogP contribution in [-0.2, 0) is 0 Å². The highest BCUT2D eigenvalue weighted by molar-refractivity contribution is 6.09. The number of hydrogen-bond donors (Lipinski definition) is 4. The lowest BCUT2D eigenvalue weighted by Gasteiger charge is -2.14. The van der Waals surface area contributed by atoms with Gasteiger partial charge in [0.1, 0.15) is 46.4 Å². The monoisotopic (exact) mass is 1940 g/mol. The first-order valence-electron chi connectivity index (χ1n) is 43.8. The van der Waals surface area contributed by atoms with E-state index in [-0.39, 0.29) is 80.0 Å². The molecule has 0 saturated carbocycles. The van der Waals surface area contributed by atoms with Gasteiger partial charge in [-0.2, -0.15) is 8.78 Å². The maximum Gasteiger partial charge on any atom is 0.394 e. The number of alkyl halides is 3. The number of aryl methyl sites for hydroxylation is 5. The van der Waals surface area contributed by atoms with Crippen molar-refractivity contribution in [2.75, 3.05) is 21.3 Å². The number of carbonyl (C=O) groups is 4. The number of nitrogens with zero attached hydrogens (tertiary/aromatic N) is 13. The van der Waals surface area contributed by atoms with Crippen LogP contribution in [0.15, 0.2) is 311 Å². The van der Waals surface area contributed by atoms with Crippen molar-refractivity contribution in [1.82, 2.24) is 62.5 Å². The molecule has 13 heterocycles. The van der Waals surface area contributed by atoms with Crippen molar-refractivity contribution < 1.29 is 81.3 Å². The lowest BCUT2D eigenvalue weighted by molar-refractivity contribution is -0.158. The third kappa shape index (κ3) is 20.9. The Morgan fingerprint density at radius 1 is 0.308 bits per heavy atom. The molecule has 0 aliphatic heterocycles. The van der Waals surface area contributed by atoms with Crippen LogP contribution in [0.4, 0.5) is 75.6 Å². The number of ether oxygens (including phenoxy) is 2. The average molecular weight is 1940 g/mol. The first-order chi connectivity index (χ1) is 68.8. The number of amides is 4. The fraction of sp³-hybridized carbons (Fsp3) is 0.0833. The van der Waals surface area contributed by atoms with E-state index in [1.807, 2.05) is 48.5 Å². The third-order valence-electron chi connectivity index (χ3n) is 22.8. The van der Waals surface area contributed by atoms with E-state index in [1.165, 1.54) is 104 Å². The summed E-state index contributed by atoms with van der Waals surface area (Å²) < 4.78 is 182. The molecular weight excluding hydrogens is 1860 g/mol. The Balaban J connectivity index is 0.000000131. The lowest BCUT2D eigenvalue weighted by Crippen LogP contribution is -2.19. The van der Waals surface area contributed by atoms with E-state index < -0.39 is 82.5 Å². The third-order valence-corrected chi connectivity index (χ3v) is 22.8. The molecule has 20 aromatic rings. The summed E-state index contributed by atoms with van der Waals surface area (Å²) in [6, 6.07) is 59.2. The molecule has 13 aromatic heterocycles. The number of hydrogen-bond acceptors (Lipinski definition) is 15. The largest absolute Gasteiger partial charge is 0.459 e. The zero-order chi connectivity index (χ0) is 101. The minimum absolute atomic E-state index is 0.0105. The van der Waals surface area contributed by atoms with Gasteiger partial charge in [-0.25, -0.2) is 68.8 Å². The van der Waals surface area contributed by atoms with Crippen LogP contribution in [0.1, 0.15) is 83.6 Å². The maximum atomic E-state index is 14.5. The van der Waals surface area contributed by atoms with Crippen molar-refractivity contribution in [3.8, 4) is 102 Å². The molecule has 0 saturated heterocycles. The van der Waals surface area contributed by atoms with E-state index in [1.54, 1.807) is 193 Å². The number of benzene rings is 7. The van der Waals surface area contributed by atoms with E-state index in [0.29, 0.717) is 124 Å². The second-order valence-corrected chi connectivity index (χ2v) is 32.5. The fourth-order valence-electron chi connectivity index (χ4n) is 15.7. The van der Waals surface area contributed by atoms with Crippen molar-refractivity contribution in [1.29, 1.82) is 0 Å². The molecule has 714 valence electrons. The smallest absolute Gasteiger partial charge is 0.394 e. The number of halogens is 12. The number of rotatable bonds is 20. The Hall–Kier alpha value is -18.3. The summed E-state index contributed by atoms with van der Waals surface area (Å²) in [7, 11) is 0. The standard InChI is InChI=1S/C28H20F4N4O2.C27H20F3N5O2.C27H19F3N4O.C26H18F2N4O/c1-16-22(27(37)35-18-6-3-7-19(13-18)38-28(2,31)32)12-17(14-33-16)20-9-5-11-36-24(20)15-34-26(36)21-8-4-10-23(29)25(21)30;1-15-21(27(36)34-24-9-8-18(13-32-24)37-16(2)28)11-17(12-31-15)19-6-4-10-35-23(19)14-33-26(35)20-5-3-7-22(29)25(20)30;1-15-8-9-18(12-23(15)29)33-27(35)21-11-17(13-31-16(21)2)19-6-4-10-34-24(19)14-32-26(34)20-5-3-7-22(28)25(20)30;1-16-21(26(33)31-18-7-3-2-4-8-18)13-17(14-29-16)19-10-6-12-32-23(19)15-30-25(32)20-9-5-11-22(27)24(20)28/h3-15H,1-2H3,(H,35,37);3-14,16H,1-2H3,(H,32,34,36);3-14H,1-2H3,(H,33,35);2-15H,1H3,(H,31,33). The minimum atomic E-state index is -3.37. The number of pyridine rings is 9. The summed E-state index contributed by atoms with van der Waals surface area (Å²) in [5.74, 6) is -8.40. The fourth-order valence-corrected chi connectivity index (χ4v) is 15.7. The highest BCUT2D eigenvalue weighted by Gasteiger charge is 2.28. The summed E-state index contributed by atoms with van der Waals surface area (Å²) in [4.78, 5) is 90.9. The van der Waals surface area contributed by atoms with Crippen molar-refractivity contribution in [3.63, 3.8) is 0 Å². The van der Waals surface area contributed by atoms with Crippen LogP contribution in [0.2, 0.25) is 0 Å². The molecule has 0 bridgehead atoms. The van der Waals surface area contributed by atoms with Crippen molar-refractivity contribution in [3.05, 3.63) is 414 Å². The Bertz CT molecular complexity index is 8320. The van der Waals surface area contributed by atoms with Crippen LogP contribution in [0, 0.1) is 87.0 Å². The molecule has 4 N–H and O–H groups in total. The van der Waals surface area contributed by atoms with Gasteiger partial charge in [-0.3, -0.25) is 56.7 Å². The molecule has 0 aliphatic carbocycles. The first-order valence-corrected chi connectivity index (χ1v) is 43.8. The molecular formula is C108H77F12N17O6. The maximum absolute atomic E-state index is 14.5. The highest BCUT2D eigenvalue weighted by Crippen LogP contribution is 2.39. The van der Waals surface area contributed by atoms with Crippen LogP contribution in [0.5, 0.6) is 11.5 Å². The second kappa shape index (κ2) is 41.2. The van der Waals surface area contributed by atoms with Gasteiger partial charge in [-0.1, -0.05) is 78.9 Å². The summed E-state index contributed by atoms with van der Waals surface area (Å²) in [6.45, 7) is 10.4. The summed E-state index contributed by atoms with van der Waals surface area (Å²) >= 11 is 0. The number of fused-ring (bicyclic) bond motifs is 4. The lowest BCUT2D eigenvalue weighted by atomic mass is 10.0. The van der Waals surface area contributed by atoms with Crippen LogP contribution >= 0.6 is 0 Å². The number of anilines is 4. The number of aromatic nitrogens is 13. The van der Waals surface area contributed by atoms with E-state index in [2.05, 4.69) is 70.9 Å². The topological polar surface area (TPSA) is 269 Å². The van der Waals surface area contributed by atoms with Gasteiger partial charge in [-0.15, -0.1) is 0 Å². The van der Waals surface area contributed by atoms with E-state index in [0.717, 1.165) is 29.8 Å². The summed E-state index contributed by atoms with van der Waals surface area (Å²) in [6.07, 6.45) is 16.0. The number of imidazole rings is 4. The zero-order valence-corrected chi connectivity index (χ0v) is 76.3. The normalized spacial score (nSPS) is 11.4. The van der Waals surface area contributed by atoms with Crippen LogP contribution in [-0.4, -0.2) is 98.6 Å². The Labute approximate surface area is 806 Å². The van der Waals surface area contributed by atoms with Gasteiger partial charge in [0, 0.05) is 131 Å². The molecule has 4 amide bonds. The highest BCUT2D eigenvalue weighted by atomic mass is 19.3. The van der Waals surface area contributed by atoms with Crippen molar-refractivity contribution in [2.24, 2.45) is 0 Å². The Morgan fingerprint density at radius 3 is 0.958 bits per heavy atom. The number of para-hydroxylation sites is 1.